The van der Waals surface area contributed by atoms with Crippen molar-refractivity contribution in [2.45, 2.75) is 32.6 Å². The fourth-order valence-corrected chi connectivity index (χ4v) is 2.65. The second-order valence-corrected chi connectivity index (χ2v) is 5.66. The summed E-state index contributed by atoms with van der Waals surface area (Å²) in [6.07, 6.45) is 1.34. The Balaban J connectivity index is 1.59. The Morgan fingerprint density at radius 2 is 2.05 bits per heavy atom. The largest absolute Gasteiger partial charge is 0.342 e. The molecule has 0 saturated carbocycles. The van der Waals surface area contributed by atoms with Crippen LogP contribution < -0.4 is 0 Å². The van der Waals surface area contributed by atoms with E-state index in [0.717, 1.165) is 13.0 Å². The number of hydrogen-bond donors (Lipinski definition) is 0. The zero-order valence-electron chi connectivity index (χ0n) is 12.4. The Morgan fingerprint density at radius 1 is 1.29 bits per heavy atom. The molecular formula is C16H19N3O2. The van der Waals surface area contributed by atoms with Gasteiger partial charge in [0.15, 0.2) is 5.82 Å². The van der Waals surface area contributed by atoms with Crippen LogP contribution in [0.1, 0.15) is 35.2 Å². The van der Waals surface area contributed by atoms with Gasteiger partial charge in [-0.15, -0.1) is 0 Å². The highest BCUT2D eigenvalue weighted by Crippen LogP contribution is 2.27. The van der Waals surface area contributed by atoms with Crippen molar-refractivity contribution in [3.63, 3.8) is 0 Å². The third-order valence-electron chi connectivity index (χ3n) is 3.90. The van der Waals surface area contributed by atoms with Gasteiger partial charge in [-0.3, -0.25) is 4.79 Å². The van der Waals surface area contributed by atoms with Gasteiger partial charge in [-0.1, -0.05) is 35.0 Å². The monoisotopic (exact) mass is 285 g/mol. The van der Waals surface area contributed by atoms with Crippen LogP contribution in [0.25, 0.3) is 0 Å². The van der Waals surface area contributed by atoms with Gasteiger partial charge in [0.1, 0.15) is 0 Å². The van der Waals surface area contributed by atoms with E-state index in [1.54, 1.807) is 6.92 Å². The maximum atomic E-state index is 12.1. The van der Waals surface area contributed by atoms with Gasteiger partial charge in [0.05, 0.1) is 5.92 Å². The molecule has 21 heavy (non-hydrogen) atoms. The summed E-state index contributed by atoms with van der Waals surface area (Å²) in [5.41, 5.74) is 2.51. The average molecular weight is 285 g/mol. The van der Waals surface area contributed by atoms with Gasteiger partial charge in [0.2, 0.25) is 11.8 Å². The molecule has 0 N–H and O–H groups in total. The van der Waals surface area contributed by atoms with Crippen LogP contribution in [-0.2, 0) is 11.2 Å². The lowest BCUT2D eigenvalue weighted by Crippen LogP contribution is -2.27. The Labute approximate surface area is 124 Å². The van der Waals surface area contributed by atoms with E-state index in [1.165, 1.54) is 11.1 Å². The van der Waals surface area contributed by atoms with E-state index in [1.807, 2.05) is 4.90 Å². The highest BCUT2D eigenvalue weighted by Gasteiger charge is 2.33. The minimum Gasteiger partial charge on any atom is -0.342 e. The van der Waals surface area contributed by atoms with Crippen LogP contribution in [-0.4, -0.2) is 34.0 Å². The highest BCUT2D eigenvalue weighted by atomic mass is 16.5. The molecule has 1 amide bonds. The number of hydrogen-bond acceptors (Lipinski definition) is 4. The Bertz CT molecular complexity index is 633. The van der Waals surface area contributed by atoms with Crippen LogP contribution in [0.15, 0.2) is 28.8 Å². The smallest absolute Gasteiger partial charge is 0.232 e. The summed E-state index contributed by atoms with van der Waals surface area (Å²) in [7, 11) is 0. The van der Waals surface area contributed by atoms with Crippen molar-refractivity contribution < 1.29 is 9.32 Å². The van der Waals surface area contributed by atoms with E-state index in [-0.39, 0.29) is 11.8 Å². The van der Waals surface area contributed by atoms with Gasteiger partial charge >= 0.3 is 0 Å². The van der Waals surface area contributed by atoms with Crippen molar-refractivity contribution in [3.05, 3.63) is 47.1 Å². The number of rotatable bonds is 4. The van der Waals surface area contributed by atoms with Crippen LogP contribution in [0.2, 0.25) is 0 Å². The minimum atomic E-state index is 0.0386. The van der Waals surface area contributed by atoms with Gasteiger partial charge in [-0.2, -0.15) is 4.98 Å². The summed E-state index contributed by atoms with van der Waals surface area (Å²) < 4.78 is 5.18. The zero-order valence-corrected chi connectivity index (χ0v) is 12.4. The molecule has 1 aliphatic rings. The van der Waals surface area contributed by atoms with Crippen LogP contribution in [0, 0.1) is 13.8 Å². The molecule has 2 aromatic rings. The van der Waals surface area contributed by atoms with Crippen LogP contribution in [0.5, 0.6) is 0 Å². The first-order valence-electron chi connectivity index (χ1n) is 7.25. The molecule has 1 aromatic carbocycles. The Kier molecular flexibility index (Phi) is 3.73. The second-order valence-electron chi connectivity index (χ2n) is 5.66. The fourth-order valence-electron chi connectivity index (χ4n) is 2.65. The fraction of sp³-hybridized carbons (Fsp3) is 0.438. The van der Waals surface area contributed by atoms with Crippen molar-refractivity contribution in [3.8, 4) is 0 Å². The number of nitrogens with zero attached hydrogens (tertiary/aromatic N) is 3. The molecule has 1 unspecified atom stereocenters. The molecule has 1 fully saturated rings. The van der Waals surface area contributed by atoms with Crippen LogP contribution >= 0.6 is 0 Å². The van der Waals surface area contributed by atoms with E-state index in [9.17, 15) is 4.79 Å². The molecular weight excluding hydrogens is 266 g/mol. The van der Waals surface area contributed by atoms with Gasteiger partial charge in [-0.05, 0) is 25.8 Å². The maximum absolute atomic E-state index is 12.1. The van der Waals surface area contributed by atoms with E-state index in [2.05, 4.69) is 41.3 Å². The summed E-state index contributed by atoms with van der Waals surface area (Å²) in [6, 6.07) is 8.44. The summed E-state index contributed by atoms with van der Waals surface area (Å²) >= 11 is 0. The first kappa shape index (κ1) is 13.8. The lowest BCUT2D eigenvalue weighted by atomic mass is 10.1. The molecule has 1 saturated heterocycles. The van der Waals surface area contributed by atoms with E-state index >= 15 is 0 Å². The lowest BCUT2D eigenvalue weighted by molar-refractivity contribution is -0.127. The van der Waals surface area contributed by atoms with Crippen molar-refractivity contribution in [1.82, 2.24) is 15.0 Å². The molecule has 1 atom stereocenters. The molecule has 0 spiro atoms. The van der Waals surface area contributed by atoms with E-state index in [0.29, 0.717) is 24.7 Å². The molecule has 2 heterocycles. The van der Waals surface area contributed by atoms with Crippen molar-refractivity contribution in [2.75, 3.05) is 13.1 Å². The number of carbonyl (C=O) groups excluding carboxylic acids is 1. The molecule has 1 aliphatic heterocycles. The Hall–Kier alpha value is -2.17. The van der Waals surface area contributed by atoms with E-state index < -0.39 is 0 Å². The van der Waals surface area contributed by atoms with Crippen molar-refractivity contribution in [2.24, 2.45) is 0 Å². The summed E-state index contributed by atoms with van der Waals surface area (Å²) in [5, 5.41) is 3.80. The third-order valence-corrected chi connectivity index (χ3v) is 3.90. The minimum absolute atomic E-state index is 0.0386. The molecule has 0 aliphatic carbocycles. The highest BCUT2D eigenvalue weighted by molar-refractivity contribution is 5.79. The molecule has 0 bridgehead atoms. The number of likely N-dealkylation sites (tertiary alicyclic amines) is 1. The molecule has 110 valence electrons. The van der Waals surface area contributed by atoms with Crippen molar-refractivity contribution in [1.29, 1.82) is 0 Å². The number of aryl methyl sites for hydroxylation is 2. The predicted molar refractivity (Wildman–Crippen MR) is 77.9 cm³/mol. The quantitative estimate of drug-likeness (QED) is 0.864. The first-order chi connectivity index (χ1) is 10.1. The third kappa shape index (κ3) is 3.12. The first-order valence-corrected chi connectivity index (χ1v) is 7.25. The van der Waals surface area contributed by atoms with Gasteiger partial charge in [0.25, 0.3) is 0 Å². The average Bonchev–Trinajstić information content (AvgIpc) is 3.05. The zero-order chi connectivity index (χ0) is 14.8. The molecule has 1 aromatic heterocycles. The standard InChI is InChI=1S/C16H19N3O2/c1-11-3-5-13(6-4-11)7-8-19-10-14(9-15(19)20)16-17-12(2)18-21-16/h3-6,14H,7-10H2,1-2H3. The van der Waals surface area contributed by atoms with Crippen molar-refractivity contribution >= 4 is 5.91 Å². The van der Waals surface area contributed by atoms with E-state index in [4.69, 9.17) is 4.52 Å². The summed E-state index contributed by atoms with van der Waals surface area (Å²) in [5.74, 6) is 1.41. The summed E-state index contributed by atoms with van der Waals surface area (Å²) in [6.45, 7) is 5.28. The Morgan fingerprint density at radius 3 is 2.71 bits per heavy atom. The number of aromatic nitrogens is 2. The predicted octanol–water partition coefficient (Wildman–Crippen LogP) is 2.25. The van der Waals surface area contributed by atoms with Gasteiger partial charge in [0, 0.05) is 19.5 Å². The van der Waals surface area contributed by atoms with Gasteiger partial charge in [-0.25, -0.2) is 0 Å². The molecule has 0 radical (unpaired) electrons. The normalized spacial score (nSPS) is 18.5. The maximum Gasteiger partial charge on any atom is 0.232 e. The van der Waals surface area contributed by atoms with Crippen LogP contribution in [0.3, 0.4) is 0 Å². The topological polar surface area (TPSA) is 59.2 Å². The number of benzene rings is 1. The SMILES string of the molecule is Cc1ccc(CCN2CC(c3nc(C)no3)CC2=O)cc1. The van der Waals surface area contributed by atoms with Crippen LogP contribution in [0.4, 0.5) is 0 Å². The number of carbonyl (C=O) groups is 1. The number of amides is 1. The molecule has 5 nitrogen and oxygen atoms in total. The second kappa shape index (κ2) is 5.68. The molecule has 5 heteroatoms. The lowest BCUT2D eigenvalue weighted by Gasteiger charge is -2.15. The summed E-state index contributed by atoms with van der Waals surface area (Å²) in [4.78, 5) is 18.2. The van der Waals surface area contributed by atoms with Gasteiger partial charge < -0.3 is 9.42 Å². The molecule has 3 rings (SSSR count).